The lowest BCUT2D eigenvalue weighted by Gasteiger charge is -2.02. The number of hydrogen-bond acceptors (Lipinski definition) is 5. The molecule has 0 unspecified atom stereocenters. The summed E-state index contributed by atoms with van der Waals surface area (Å²) in [6.07, 6.45) is 5.72. The minimum Gasteiger partial charge on any atom is -0.265 e. The van der Waals surface area contributed by atoms with E-state index in [0.29, 0.717) is 10.7 Å². The van der Waals surface area contributed by atoms with Crippen LogP contribution in [0.4, 0.5) is 0 Å². The zero-order valence-electron chi connectivity index (χ0n) is 11.3. The predicted octanol–water partition coefficient (Wildman–Crippen LogP) is 2.44. The Kier molecular flexibility index (Phi) is 4.02. The number of hydrogen-bond donors (Lipinski definition) is 1. The molecule has 1 N–H and O–H groups in total. The van der Waals surface area contributed by atoms with E-state index in [0.717, 1.165) is 10.9 Å². The van der Waals surface area contributed by atoms with Crippen molar-refractivity contribution in [1.29, 1.82) is 0 Å². The number of carbonyl (C=O) groups excluding carboxylic acids is 1. The monoisotopic (exact) mass is 311 g/mol. The Morgan fingerprint density at radius 2 is 2.14 bits per heavy atom. The highest BCUT2D eigenvalue weighted by Crippen LogP contribution is 2.18. The Morgan fingerprint density at radius 1 is 1.27 bits per heavy atom. The van der Waals surface area contributed by atoms with Crippen molar-refractivity contribution in [3.8, 4) is 0 Å². The summed E-state index contributed by atoms with van der Waals surface area (Å²) in [4.78, 5) is 23.7. The van der Waals surface area contributed by atoms with Gasteiger partial charge in [0.25, 0.3) is 5.91 Å². The first-order chi connectivity index (χ1) is 10.7. The van der Waals surface area contributed by atoms with E-state index in [4.69, 9.17) is 11.6 Å². The minimum absolute atomic E-state index is 0.183. The van der Waals surface area contributed by atoms with Gasteiger partial charge in [-0.1, -0.05) is 29.8 Å². The third-order valence-electron chi connectivity index (χ3n) is 2.87. The summed E-state index contributed by atoms with van der Waals surface area (Å²) in [6, 6.07) is 9.45. The van der Waals surface area contributed by atoms with Crippen molar-refractivity contribution in [2.45, 2.75) is 0 Å². The van der Waals surface area contributed by atoms with E-state index in [1.165, 1.54) is 24.8 Å². The minimum atomic E-state index is -0.450. The third kappa shape index (κ3) is 3.07. The van der Waals surface area contributed by atoms with Crippen LogP contribution in [0, 0.1) is 0 Å². The van der Waals surface area contributed by atoms with Crippen LogP contribution in [-0.2, 0) is 0 Å². The quantitative estimate of drug-likeness (QED) is 0.458. The van der Waals surface area contributed by atoms with Gasteiger partial charge in [-0.2, -0.15) is 5.10 Å². The van der Waals surface area contributed by atoms with Gasteiger partial charge in [0.1, 0.15) is 10.8 Å². The third-order valence-corrected chi connectivity index (χ3v) is 3.17. The largest absolute Gasteiger partial charge is 0.291 e. The van der Waals surface area contributed by atoms with Crippen molar-refractivity contribution < 1.29 is 4.79 Å². The number of rotatable bonds is 3. The van der Waals surface area contributed by atoms with Crippen LogP contribution in [0.25, 0.3) is 10.9 Å². The Labute approximate surface area is 130 Å². The molecule has 0 bridgehead atoms. The van der Waals surface area contributed by atoms with Gasteiger partial charge < -0.3 is 0 Å². The second-order valence-electron chi connectivity index (χ2n) is 4.35. The first-order valence-corrected chi connectivity index (χ1v) is 6.76. The average molecular weight is 312 g/mol. The van der Waals surface area contributed by atoms with Crippen molar-refractivity contribution in [3.63, 3.8) is 0 Å². The number of nitrogens with zero attached hydrogens (tertiary/aromatic N) is 4. The number of halogens is 1. The van der Waals surface area contributed by atoms with Gasteiger partial charge in [-0.05, 0) is 12.1 Å². The fraction of sp³-hybridized carbons (Fsp3) is 0. The second-order valence-corrected chi connectivity index (χ2v) is 4.71. The summed E-state index contributed by atoms with van der Waals surface area (Å²) in [6.45, 7) is 0. The zero-order valence-corrected chi connectivity index (χ0v) is 12.0. The summed E-state index contributed by atoms with van der Waals surface area (Å²) in [5.41, 5.74) is 3.96. The average Bonchev–Trinajstić information content (AvgIpc) is 2.56. The zero-order chi connectivity index (χ0) is 15.4. The van der Waals surface area contributed by atoms with E-state index in [1.54, 1.807) is 0 Å². The maximum atomic E-state index is 11.8. The van der Waals surface area contributed by atoms with Gasteiger partial charge in [0.05, 0.1) is 17.9 Å². The van der Waals surface area contributed by atoms with Crippen LogP contribution < -0.4 is 5.43 Å². The van der Waals surface area contributed by atoms with Crippen molar-refractivity contribution >= 4 is 34.6 Å². The summed E-state index contributed by atoms with van der Waals surface area (Å²) >= 11 is 6.10. The van der Waals surface area contributed by atoms with Gasteiger partial charge >= 0.3 is 0 Å². The molecule has 0 atom stereocenters. The molecule has 0 radical (unpaired) electrons. The Hall–Kier alpha value is -2.86. The first-order valence-electron chi connectivity index (χ1n) is 6.39. The molecule has 0 saturated carbocycles. The molecule has 6 nitrogen and oxygen atoms in total. The van der Waals surface area contributed by atoms with Gasteiger partial charge in [-0.3, -0.25) is 9.78 Å². The van der Waals surface area contributed by atoms with Gasteiger partial charge in [0.2, 0.25) is 0 Å². The number of aromatic nitrogens is 3. The van der Waals surface area contributed by atoms with Crippen molar-refractivity contribution in [3.05, 3.63) is 65.3 Å². The predicted molar refractivity (Wildman–Crippen MR) is 83.8 cm³/mol. The molecule has 108 valence electrons. The van der Waals surface area contributed by atoms with Crippen molar-refractivity contribution in [2.75, 3.05) is 0 Å². The molecule has 7 heteroatoms. The van der Waals surface area contributed by atoms with Crippen LogP contribution in [-0.4, -0.2) is 27.1 Å². The molecular weight excluding hydrogens is 302 g/mol. The molecule has 1 aromatic carbocycles. The normalized spacial score (nSPS) is 11.0. The number of nitrogens with one attached hydrogen (secondary N) is 1. The van der Waals surface area contributed by atoms with Crippen LogP contribution >= 0.6 is 11.6 Å². The SMILES string of the molecule is O=C(N/N=C/c1cc2ccccc2nc1Cl)c1cnccn1. The summed E-state index contributed by atoms with van der Waals surface area (Å²) in [5.74, 6) is -0.450. The second kappa shape index (κ2) is 6.28. The molecule has 0 spiro atoms. The number of pyridine rings is 1. The molecule has 0 aliphatic carbocycles. The highest BCUT2D eigenvalue weighted by molar-refractivity contribution is 6.32. The standard InChI is InChI=1S/C15H10ClN5O/c16-14-11(7-10-3-1-2-4-12(10)20-14)8-19-21-15(22)13-9-17-5-6-18-13/h1-9H,(H,21,22)/b19-8+. The van der Waals surface area contributed by atoms with Gasteiger partial charge in [-0.15, -0.1) is 0 Å². The molecule has 3 rings (SSSR count). The number of hydrazone groups is 1. The first kappa shape index (κ1) is 14.1. The molecule has 0 aliphatic heterocycles. The fourth-order valence-electron chi connectivity index (χ4n) is 1.83. The molecule has 2 aromatic heterocycles. The highest BCUT2D eigenvalue weighted by atomic mass is 35.5. The van der Waals surface area contributed by atoms with Gasteiger partial charge in [0.15, 0.2) is 0 Å². The lowest BCUT2D eigenvalue weighted by molar-refractivity contribution is 0.0949. The molecule has 0 saturated heterocycles. The topological polar surface area (TPSA) is 80.1 Å². The Morgan fingerprint density at radius 3 is 2.95 bits per heavy atom. The van der Waals surface area contributed by atoms with Crippen molar-refractivity contribution in [1.82, 2.24) is 20.4 Å². The summed E-state index contributed by atoms with van der Waals surface area (Å²) in [5, 5.41) is 5.12. The van der Waals surface area contributed by atoms with E-state index in [9.17, 15) is 4.79 Å². The molecule has 0 fully saturated rings. The van der Waals surface area contributed by atoms with E-state index in [2.05, 4.69) is 25.5 Å². The van der Waals surface area contributed by atoms with E-state index < -0.39 is 5.91 Å². The number of benzene rings is 1. The molecule has 1 amide bonds. The summed E-state index contributed by atoms with van der Waals surface area (Å²) < 4.78 is 0. The van der Waals surface area contributed by atoms with Crippen LogP contribution in [0.1, 0.15) is 16.1 Å². The van der Waals surface area contributed by atoms with E-state index in [-0.39, 0.29) is 5.69 Å². The molecule has 3 aromatic rings. The van der Waals surface area contributed by atoms with Crippen LogP contribution in [0.2, 0.25) is 5.15 Å². The van der Waals surface area contributed by atoms with E-state index >= 15 is 0 Å². The number of para-hydroxylation sites is 1. The van der Waals surface area contributed by atoms with Crippen LogP contribution in [0.5, 0.6) is 0 Å². The lowest BCUT2D eigenvalue weighted by atomic mass is 10.2. The van der Waals surface area contributed by atoms with Gasteiger partial charge in [-0.25, -0.2) is 15.4 Å². The maximum absolute atomic E-state index is 11.8. The number of carbonyl (C=O) groups is 1. The summed E-state index contributed by atoms with van der Waals surface area (Å²) in [7, 11) is 0. The number of amides is 1. The Bertz CT molecular complexity index is 851. The molecule has 0 aliphatic rings. The smallest absolute Gasteiger partial charge is 0.265 e. The Balaban J connectivity index is 1.78. The van der Waals surface area contributed by atoms with E-state index in [1.807, 2.05) is 30.3 Å². The van der Waals surface area contributed by atoms with Crippen LogP contribution in [0.3, 0.4) is 0 Å². The van der Waals surface area contributed by atoms with Crippen molar-refractivity contribution in [2.24, 2.45) is 5.10 Å². The van der Waals surface area contributed by atoms with Crippen LogP contribution in [0.15, 0.2) is 54.0 Å². The van der Waals surface area contributed by atoms with Gasteiger partial charge in [0, 0.05) is 23.3 Å². The maximum Gasteiger partial charge on any atom is 0.291 e. The molecular formula is C15H10ClN5O. The number of fused-ring (bicyclic) bond motifs is 1. The fourth-order valence-corrected chi connectivity index (χ4v) is 2.03. The highest BCUT2D eigenvalue weighted by Gasteiger charge is 2.06. The molecule has 22 heavy (non-hydrogen) atoms. The lowest BCUT2D eigenvalue weighted by Crippen LogP contribution is -2.19. The molecule has 2 heterocycles.